The normalized spacial score (nSPS) is 17.6. The predicted molar refractivity (Wildman–Crippen MR) is 110 cm³/mol. The number of hydrogen-bond donors (Lipinski definition) is 1. The van der Waals surface area contributed by atoms with Gasteiger partial charge in [0.05, 0.1) is 16.5 Å². The number of amides is 1. The molecule has 1 saturated heterocycles. The molecule has 1 atom stereocenters. The maximum Gasteiger partial charge on any atom is 0.243 e. The molecule has 156 valence electrons. The van der Waals surface area contributed by atoms with Crippen LogP contribution in [0.2, 0.25) is 0 Å². The Kier molecular flexibility index (Phi) is 5.60. The number of sulfonamides is 1. The molecule has 30 heavy (non-hydrogen) atoms. The molecule has 3 aromatic rings. The molecule has 2 aromatic carbocycles. The van der Waals surface area contributed by atoms with Crippen LogP contribution in [0.5, 0.6) is 0 Å². The fourth-order valence-electron chi connectivity index (χ4n) is 3.46. The van der Waals surface area contributed by atoms with Crippen molar-refractivity contribution in [3.8, 4) is 5.69 Å². The number of nitrogens with one attached hydrogen (secondary N) is 1. The zero-order valence-electron chi connectivity index (χ0n) is 16.5. The second-order valence-electron chi connectivity index (χ2n) is 7.31. The quantitative estimate of drug-likeness (QED) is 0.668. The Hall–Kier alpha value is -3.11. The molecule has 2 heterocycles. The maximum atomic E-state index is 13.1. The van der Waals surface area contributed by atoms with Crippen LogP contribution in [0.3, 0.4) is 0 Å². The number of hydrogen-bond acceptors (Lipinski definition) is 6. The van der Waals surface area contributed by atoms with Gasteiger partial charge in [-0.05, 0) is 66.6 Å². The van der Waals surface area contributed by atoms with E-state index in [2.05, 4.69) is 20.8 Å². The number of aromatic nitrogens is 4. The Morgan fingerprint density at radius 3 is 2.50 bits per heavy atom. The van der Waals surface area contributed by atoms with Crippen LogP contribution in [-0.4, -0.2) is 51.9 Å². The van der Waals surface area contributed by atoms with Gasteiger partial charge < -0.3 is 5.32 Å². The number of anilines is 1. The largest absolute Gasteiger partial charge is 0.326 e. The molecule has 0 saturated carbocycles. The second-order valence-corrected chi connectivity index (χ2v) is 9.24. The van der Waals surface area contributed by atoms with Crippen LogP contribution < -0.4 is 5.32 Å². The molecule has 1 aliphatic heterocycles. The van der Waals surface area contributed by atoms with E-state index in [4.69, 9.17) is 0 Å². The van der Waals surface area contributed by atoms with E-state index < -0.39 is 15.9 Å². The van der Waals surface area contributed by atoms with Gasteiger partial charge in [-0.2, -0.15) is 4.31 Å². The lowest BCUT2D eigenvalue weighted by Gasteiger charge is -2.31. The first-order valence-electron chi connectivity index (χ1n) is 9.64. The summed E-state index contributed by atoms with van der Waals surface area (Å²) in [6.45, 7) is 2.53. The van der Waals surface area contributed by atoms with Gasteiger partial charge in [0.15, 0.2) is 0 Å². The third-order valence-electron chi connectivity index (χ3n) is 5.16. The molecule has 1 aliphatic rings. The van der Waals surface area contributed by atoms with E-state index in [0.29, 0.717) is 30.8 Å². The van der Waals surface area contributed by atoms with E-state index in [1.807, 2.05) is 31.2 Å². The van der Waals surface area contributed by atoms with E-state index in [0.717, 1.165) is 5.56 Å². The van der Waals surface area contributed by atoms with Crippen molar-refractivity contribution in [2.24, 2.45) is 5.92 Å². The van der Waals surface area contributed by atoms with Gasteiger partial charge in [0, 0.05) is 18.8 Å². The van der Waals surface area contributed by atoms with Crippen molar-refractivity contribution in [3.05, 3.63) is 60.4 Å². The third-order valence-corrected chi connectivity index (χ3v) is 7.04. The van der Waals surface area contributed by atoms with Crippen LogP contribution in [0.1, 0.15) is 18.4 Å². The molecule has 9 nitrogen and oxygen atoms in total. The minimum atomic E-state index is -3.70. The summed E-state index contributed by atoms with van der Waals surface area (Å²) in [6, 6.07) is 13.9. The molecule has 4 rings (SSSR count). The van der Waals surface area contributed by atoms with Crippen LogP contribution in [0, 0.1) is 12.8 Å². The van der Waals surface area contributed by atoms with Gasteiger partial charge in [-0.3, -0.25) is 4.79 Å². The highest BCUT2D eigenvalue weighted by molar-refractivity contribution is 7.89. The SMILES string of the molecule is Cc1ccc(NC(=O)[C@@H]2CCCN(S(=O)(=O)c3ccc(-n4cnnn4)cc3)C2)cc1. The zero-order chi connectivity index (χ0) is 21.1. The van der Waals surface area contributed by atoms with Crippen LogP contribution in [0.25, 0.3) is 5.69 Å². The standard InChI is InChI=1S/C20H22N6O3S/c1-15-4-6-17(7-5-15)22-20(27)16-3-2-12-25(13-16)30(28,29)19-10-8-18(9-11-19)26-14-21-23-24-26/h4-11,14,16H,2-3,12-13H2,1H3,(H,22,27)/t16-/m1/s1. The van der Waals surface area contributed by atoms with Gasteiger partial charge in [-0.1, -0.05) is 17.7 Å². The molecule has 0 bridgehead atoms. The van der Waals surface area contributed by atoms with E-state index >= 15 is 0 Å². The Balaban J connectivity index is 1.46. The summed E-state index contributed by atoms with van der Waals surface area (Å²) < 4.78 is 29.0. The summed E-state index contributed by atoms with van der Waals surface area (Å²) in [6.07, 6.45) is 2.72. The summed E-state index contributed by atoms with van der Waals surface area (Å²) in [5.41, 5.74) is 2.48. The Morgan fingerprint density at radius 1 is 1.10 bits per heavy atom. The number of carbonyl (C=O) groups excluding carboxylic acids is 1. The van der Waals surface area contributed by atoms with E-state index in [9.17, 15) is 13.2 Å². The summed E-state index contributed by atoms with van der Waals surface area (Å²) in [5, 5.41) is 13.8. The molecular formula is C20H22N6O3S. The number of tetrazole rings is 1. The van der Waals surface area contributed by atoms with Gasteiger partial charge in [-0.15, -0.1) is 5.10 Å². The van der Waals surface area contributed by atoms with Crippen molar-refractivity contribution >= 4 is 21.6 Å². The lowest BCUT2D eigenvalue weighted by atomic mass is 9.98. The van der Waals surface area contributed by atoms with Crippen LogP contribution in [-0.2, 0) is 14.8 Å². The van der Waals surface area contributed by atoms with Crippen molar-refractivity contribution in [1.29, 1.82) is 0 Å². The molecular weight excluding hydrogens is 404 g/mol. The Bertz CT molecular complexity index is 1110. The second kappa shape index (κ2) is 8.33. The number of benzene rings is 2. The fraction of sp³-hybridized carbons (Fsp3) is 0.300. The first-order chi connectivity index (χ1) is 14.4. The Morgan fingerprint density at radius 2 is 1.83 bits per heavy atom. The smallest absolute Gasteiger partial charge is 0.243 e. The monoisotopic (exact) mass is 426 g/mol. The molecule has 10 heteroatoms. The third kappa shape index (κ3) is 4.24. The van der Waals surface area contributed by atoms with E-state index in [-0.39, 0.29) is 17.3 Å². The molecule has 0 spiro atoms. The number of piperidine rings is 1. The van der Waals surface area contributed by atoms with E-state index in [1.165, 1.54) is 27.4 Å². The van der Waals surface area contributed by atoms with Crippen molar-refractivity contribution in [2.45, 2.75) is 24.7 Å². The van der Waals surface area contributed by atoms with Crippen LogP contribution in [0.15, 0.2) is 59.8 Å². The van der Waals surface area contributed by atoms with Gasteiger partial charge in [-0.25, -0.2) is 13.1 Å². The molecule has 0 radical (unpaired) electrons. The highest BCUT2D eigenvalue weighted by Crippen LogP contribution is 2.25. The summed E-state index contributed by atoms with van der Waals surface area (Å²) in [5.74, 6) is -0.553. The first-order valence-corrected chi connectivity index (χ1v) is 11.1. The van der Waals surface area contributed by atoms with Crippen molar-refractivity contribution in [1.82, 2.24) is 24.5 Å². The van der Waals surface area contributed by atoms with Crippen LogP contribution in [0.4, 0.5) is 5.69 Å². The average Bonchev–Trinajstić information content (AvgIpc) is 3.30. The minimum Gasteiger partial charge on any atom is -0.326 e. The summed E-state index contributed by atoms with van der Waals surface area (Å²) >= 11 is 0. The van der Waals surface area contributed by atoms with Crippen molar-refractivity contribution in [2.75, 3.05) is 18.4 Å². The summed E-state index contributed by atoms with van der Waals surface area (Å²) in [7, 11) is -3.70. The van der Waals surface area contributed by atoms with E-state index in [1.54, 1.807) is 12.1 Å². The first kappa shape index (κ1) is 20.2. The maximum absolute atomic E-state index is 13.1. The molecule has 0 unspecified atom stereocenters. The fourth-order valence-corrected chi connectivity index (χ4v) is 4.98. The number of carbonyl (C=O) groups is 1. The van der Waals surface area contributed by atoms with Crippen molar-refractivity contribution < 1.29 is 13.2 Å². The molecule has 1 amide bonds. The molecule has 1 aromatic heterocycles. The highest BCUT2D eigenvalue weighted by atomic mass is 32.2. The van der Waals surface area contributed by atoms with Gasteiger partial charge >= 0.3 is 0 Å². The van der Waals surface area contributed by atoms with Crippen LogP contribution >= 0.6 is 0 Å². The zero-order valence-corrected chi connectivity index (χ0v) is 17.3. The highest BCUT2D eigenvalue weighted by Gasteiger charge is 2.33. The topological polar surface area (TPSA) is 110 Å². The lowest BCUT2D eigenvalue weighted by molar-refractivity contribution is -0.120. The van der Waals surface area contributed by atoms with Crippen molar-refractivity contribution in [3.63, 3.8) is 0 Å². The van der Waals surface area contributed by atoms with Gasteiger partial charge in [0.1, 0.15) is 6.33 Å². The summed E-state index contributed by atoms with van der Waals surface area (Å²) in [4.78, 5) is 12.9. The van der Waals surface area contributed by atoms with Gasteiger partial charge in [0.2, 0.25) is 15.9 Å². The molecule has 0 aliphatic carbocycles. The predicted octanol–water partition coefficient (Wildman–Crippen LogP) is 2.01. The number of rotatable bonds is 5. The average molecular weight is 427 g/mol. The lowest BCUT2D eigenvalue weighted by Crippen LogP contribution is -2.43. The molecule has 1 fully saturated rings. The van der Waals surface area contributed by atoms with Gasteiger partial charge in [0.25, 0.3) is 0 Å². The Labute approximate surface area is 174 Å². The number of nitrogens with zero attached hydrogens (tertiary/aromatic N) is 5. The number of aryl methyl sites for hydroxylation is 1. The molecule has 1 N–H and O–H groups in total. The minimum absolute atomic E-state index is 0.159.